The number of nitrogens with one attached hydrogen (secondary N) is 1. The first-order chi connectivity index (χ1) is 7.63. The Hall–Kier alpha value is -1.09. The first kappa shape index (κ1) is 13.0. The Morgan fingerprint density at radius 3 is 2.94 bits per heavy atom. The predicted molar refractivity (Wildman–Crippen MR) is 69.7 cm³/mol. The molecule has 0 aromatic carbocycles. The van der Waals surface area contributed by atoms with E-state index in [9.17, 15) is 4.79 Å². The summed E-state index contributed by atoms with van der Waals surface area (Å²) in [6.45, 7) is 5.93. The minimum atomic E-state index is 0.0471. The molecule has 2 nitrogen and oxygen atoms in total. The largest absolute Gasteiger partial charge is 0.350 e. The summed E-state index contributed by atoms with van der Waals surface area (Å²) in [7, 11) is 0. The van der Waals surface area contributed by atoms with Gasteiger partial charge in [-0.15, -0.1) is 11.3 Å². The van der Waals surface area contributed by atoms with Gasteiger partial charge in [-0.25, -0.2) is 0 Å². The van der Waals surface area contributed by atoms with E-state index in [-0.39, 0.29) is 11.9 Å². The van der Waals surface area contributed by atoms with Crippen molar-refractivity contribution in [1.29, 1.82) is 0 Å². The van der Waals surface area contributed by atoms with Crippen molar-refractivity contribution in [3.05, 3.63) is 34.0 Å². The van der Waals surface area contributed by atoms with Gasteiger partial charge in [0.2, 0.25) is 5.91 Å². The zero-order chi connectivity index (χ0) is 12.0. The molecule has 0 unspecified atom stereocenters. The SMILES string of the molecule is CC/C=C(\C)C(=O)N[C@H](C)Cc1cccs1. The number of hydrogen-bond donors (Lipinski definition) is 1. The van der Waals surface area contributed by atoms with Crippen molar-refractivity contribution < 1.29 is 4.79 Å². The summed E-state index contributed by atoms with van der Waals surface area (Å²) in [5.74, 6) is 0.0471. The normalized spacial score (nSPS) is 13.6. The Balaban J connectivity index is 2.42. The van der Waals surface area contributed by atoms with Gasteiger partial charge < -0.3 is 5.32 Å². The topological polar surface area (TPSA) is 29.1 Å². The first-order valence-corrected chi connectivity index (χ1v) is 6.51. The number of amides is 1. The maximum absolute atomic E-state index is 11.7. The smallest absolute Gasteiger partial charge is 0.246 e. The van der Waals surface area contributed by atoms with E-state index in [1.807, 2.05) is 32.9 Å². The van der Waals surface area contributed by atoms with E-state index in [2.05, 4.69) is 16.8 Å². The van der Waals surface area contributed by atoms with Crippen molar-refractivity contribution in [3.63, 3.8) is 0 Å². The average molecular weight is 237 g/mol. The molecule has 0 saturated heterocycles. The molecule has 0 aliphatic rings. The molecule has 88 valence electrons. The van der Waals surface area contributed by atoms with Gasteiger partial charge in [0.05, 0.1) is 0 Å². The van der Waals surface area contributed by atoms with Crippen LogP contribution >= 0.6 is 11.3 Å². The molecule has 0 aliphatic heterocycles. The van der Waals surface area contributed by atoms with Gasteiger partial charge in [0.25, 0.3) is 0 Å². The van der Waals surface area contributed by atoms with Gasteiger partial charge >= 0.3 is 0 Å². The fraction of sp³-hybridized carbons (Fsp3) is 0.462. The van der Waals surface area contributed by atoms with E-state index in [0.717, 1.165) is 18.4 Å². The van der Waals surface area contributed by atoms with Crippen LogP contribution in [0.5, 0.6) is 0 Å². The lowest BCUT2D eigenvalue weighted by Crippen LogP contribution is -2.34. The number of carbonyl (C=O) groups is 1. The van der Waals surface area contributed by atoms with E-state index in [0.29, 0.717) is 0 Å². The standard InChI is InChI=1S/C13H19NOS/c1-4-6-10(2)13(15)14-11(3)9-12-7-5-8-16-12/h5-8,11H,4,9H2,1-3H3,(H,14,15)/b10-6+/t11-/m1/s1. The molecule has 16 heavy (non-hydrogen) atoms. The van der Waals surface area contributed by atoms with Crippen LogP contribution in [0.2, 0.25) is 0 Å². The van der Waals surface area contributed by atoms with Gasteiger partial charge in [-0.3, -0.25) is 4.79 Å². The third-order valence-corrected chi connectivity index (χ3v) is 3.23. The molecule has 1 atom stereocenters. The van der Waals surface area contributed by atoms with Gasteiger partial charge in [-0.05, 0) is 31.7 Å². The van der Waals surface area contributed by atoms with E-state index in [1.165, 1.54) is 4.88 Å². The van der Waals surface area contributed by atoms with Gasteiger partial charge in [0.1, 0.15) is 0 Å². The Labute approximate surface area is 101 Å². The quantitative estimate of drug-likeness (QED) is 0.783. The Morgan fingerprint density at radius 2 is 2.38 bits per heavy atom. The van der Waals surface area contributed by atoms with E-state index in [1.54, 1.807) is 11.3 Å². The molecule has 0 fully saturated rings. The van der Waals surface area contributed by atoms with Crippen molar-refractivity contribution in [1.82, 2.24) is 5.32 Å². The second kappa shape index (κ2) is 6.48. The maximum atomic E-state index is 11.7. The summed E-state index contributed by atoms with van der Waals surface area (Å²) >= 11 is 1.73. The number of rotatable bonds is 5. The summed E-state index contributed by atoms with van der Waals surface area (Å²) in [6, 6.07) is 4.32. The second-order valence-corrected chi connectivity index (χ2v) is 4.99. The Kier molecular flexibility index (Phi) is 5.26. The molecule has 1 N–H and O–H groups in total. The van der Waals surface area contributed by atoms with Crippen LogP contribution in [0.4, 0.5) is 0 Å². The fourth-order valence-corrected chi connectivity index (χ4v) is 2.35. The van der Waals surface area contributed by atoms with Crippen molar-refractivity contribution in [2.75, 3.05) is 0 Å². The third-order valence-electron chi connectivity index (χ3n) is 2.33. The Morgan fingerprint density at radius 1 is 1.62 bits per heavy atom. The highest BCUT2D eigenvalue weighted by atomic mass is 32.1. The molecule has 1 heterocycles. The summed E-state index contributed by atoms with van der Waals surface area (Å²) in [5.41, 5.74) is 0.806. The Bertz CT molecular complexity index is 354. The van der Waals surface area contributed by atoms with Crippen LogP contribution in [0.3, 0.4) is 0 Å². The second-order valence-electron chi connectivity index (χ2n) is 3.95. The van der Waals surface area contributed by atoms with Crippen LogP contribution in [0.25, 0.3) is 0 Å². The van der Waals surface area contributed by atoms with Gasteiger partial charge in [0, 0.05) is 22.9 Å². The number of hydrogen-bond acceptors (Lipinski definition) is 2. The van der Waals surface area contributed by atoms with E-state index >= 15 is 0 Å². The molecule has 1 rings (SSSR count). The number of carbonyl (C=O) groups excluding carboxylic acids is 1. The molecule has 3 heteroatoms. The monoisotopic (exact) mass is 237 g/mol. The minimum Gasteiger partial charge on any atom is -0.350 e. The van der Waals surface area contributed by atoms with Crippen LogP contribution in [0.15, 0.2) is 29.2 Å². The lowest BCUT2D eigenvalue weighted by molar-refractivity contribution is -0.118. The molecule has 0 bridgehead atoms. The lowest BCUT2D eigenvalue weighted by atomic mass is 10.2. The van der Waals surface area contributed by atoms with Crippen molar-refractivity contribution in [2.24, 2.45) is 0 Å². The predicted octanol–water partition coefficient (Wildman–Crippen LogP) is 3.15. The fourth-order valence-electron chi connectivity index (χ4n) is 1.52. The van der Waals surface area contributed by atoms with Crippen LogP contribution < -0.4 is 5.32 Å². The summed E-state index contributed by atoms with van der Waals surface area (Å²) in [5, 5.41) is 5.06. The molecule has 1 amide bonds. The number of allylic oxidation sites excluding steroid dienone is 1. The molecule has 0 saturated carbocycles. The first-order valence-electron chi connectivity index (χ1n) is 5.63. The highest BCUT2D eigenvalue weighted by Crippen LogP contribution is 2.11. The highest BCUT2D eigenvalue weighted by molar-refractivity contribution is 7.09. The molecule has 1 aromatic heterocycles. The van der Waals surface area contributed by atoms with Gasteiger partial charge in [0.15, 0.2) is 0 Å². The summed E-state index contributed by atoms with van der Waals surface area (Å²) in [6.07, 6.45) is 3.76. The summed E-state index contributed by atoms with van der Waals surface area (Å²) < 4.78 is 0. The molecule has 1 aromatic rings. The molecule has 0 spiro atoms. The van der Waals surface area contributed by atoms with Crippen molar-refractivity contribution in [3.8, 4) is 0 Å². The summed E-state index contributed by atoms with van der Waals surface area (Å²) in [4.78, 5) is 13.0. The highest BCUT2D eigenvalue weighted by Gasteiger charge is 2.09. The molecule has 0 radical (unpaired) electrons. The molecular formula is C13H19NOS. The van der Waals surface area contributed by atoms with E-state index in [4.69, 9.17) is 0 Å². The lowest BCUT2D eigenvalue weighted by Gasteiger charge is -2.13. The van der Waals surface area contributed by atoms with Gasteiger partial charge in [-0.2, -0.15) is 0 Å². The minimum absolute atomic E-state index is 0.0471. The molecule has 0 aliphatic carbocycles. The van der Waals surface area contributed by atoms with Crippen LogP contribution in [-0.2, 0) is 11.2 Å². The van der Waals surface area contributed by atoms with Gasteiger partial charge in [-0.1, -0.05) is 19.1 Å². The maximum Gasteiger partial charge on any atom is 0.246 e. The third kappa shape index (κ3) is 4.19. The zero-order valence-corrected chi connectivity index (χ0v) is 10.9. The molecular weight excluding hydrogens is 218 g/mol. The van der Waals surface area contributed by atoms with Crippen LogP contribution in [-0.4, -0.2) is 11.9 Å². The van der Waals surface area contributed by atoms with Crippen molar-refractivity contribution >= 4 is 17.2 Å². The van der Waals surface area contributed by atoms with Crippen LogP contribution in [0, 0.1) is 0 Å². The van der Waals surface area contributed by atoms with Crippen molar-refractivity contribution in [2.45, 2.75) is 39.7 Å². The van der Waals surface area contributed by atoms with Crippen LogP contribution in [0.1, 0.15) is 32.1 Å². The average Bonchev–Trinajstić information content (AvgIpc) is 2.70. The number of thiophene rings is 1. The van der Waals surface area contributed by atoms with E-state index < -0.39 is 0 Å². The zero-order valence-electron chi connectivity index (χ0n) is 10.1.